The van der Waals surface area contributed by atoms with Crippen LogP contribution in [-0.2, 0) is 40.7 Å². The third-order valence-corrected chi connectivity index (χ3v) is 11.4. The van der Waals surface area contributed by atoms with Crippen molar-refractivity contribution >= 4 is 79.6 Å². The fourth-order valence-electron chi connectivity index (χ4n) is 6.68. The van der Waals surface area contributed by atoms with Gasteiger partial charge in [-0.1, -0.05) is 72.7 Å². The number of anilines is 3. The third kappa shape index (κ3) is 9.02. The van der Waals surface area contributed by atoms with E-state index in [2.05, 4.69) is 41.6 Å². The molecule has 0 fully saturated rings. The average molecular weight is 853 g/mol. The van der Waals surface area contributed by atoms with Crippen LogP contribution < -0.4 is 21.5 Å². The van der Waals surface area contributed by atoms with Crippen molar-refractivity contribution in [2.24, 2.45) is 7.05 Å². The van der Waals surface area contributed by atoms with E-state index in [1.54, 1.807) is 42.5 Å². The topological polar surface area (TPSA) is 241 Å². The lowest BCUT2D eigenvalue weighted by Gasteiger charge is -2.26. The highest BCUT2D eigenvalue weighted by atomic mass is 32.2. The summed E-state index contributed by atoms with van der Waals surface area (Å²) < 4.78 is 45.7. The SMILES string of the molecule is CCCCCCNCC(=O)Nc1cc(Nc2ccc3c4c2C(=O)c2ccccc2-c4c(C(=O)c2cccc(SOOO)c2)c(=O)n3C)c(SOOO)cc1S(=O)(=O)O. The number of rotatable bonds is 19. The van der Waals surface area contributed by atoms with Crippen LogP contribution in [-0.4, -0.2) is 58.6 Å². The normalized spacial score (nSPS) is 12.1. The second-order valence-corrected chi connectivity index (χ2v) is 15.8. The Balaban J connectivity index is 1.51. The van der Waals surface area contributed by atoms with Crippen LogP contribution in [0.5, 0.6) is 0 Å². The second-order valence-electron chi connectivity index (χ2n) is 12.9. The molecule has 0 unspecified atom stereocenters. The van der Waals surface area contributed by atoms with Crippen LogP contribution in [0.25, 0.3) is 22.0 Å². The summed E-state index contributed by atoms with van der Waals surface area (Å²) in [5.74, 6) is -1.77. The first-order valence-corrected chi connectivity index (χ1v) is 20.5. The molecule has 0 aliphatic heterocycles. The number of carbonyl (C=O) groups is 3. The van der Waals surface area contributed by atoms with Gasteiger partial charge in [-0.3, -0.25) is 23.7 Å². The molecule has 1 amide bonds. The molecule has 17 nitrogen and oxygen atoms in total. The Morgan fingerprint density at radius 1 is 0.828 bits per heavy atom. The van der Waals surface area contributed by atoms with E-state index in [1.807, 2.05) is 0 Å². The van der Waals surface area contributed by atoms with Gasteiger partial charge in [-0.2, -0.15) is 8.42 Å². The standard InChI is InChI=1S/C38H36N4O13S3/c1-3-4-5-8-16-39-20-31(43)41-27-18-26(29(57-55-53-48)19-30(27)58(49,50)51)40-25-14-15-28-34-32(23-12-6-7-13-24(23)37(45)33(25)34)35(38(46)42(28)2)36(44)21-10-9-11-22(17-21)56-54-52-47/h6-7,9-15,17-19,39-40,47-48H,3-5,8,16,20H2,1-2H3,(H,41,43)(H,49,50,51). The van der Waals surface area contributed by atoms with Crippen molar-refractivity contribution in [2.75, 3.05) is 23.7 Å². The van der Waals surface area contributed by atoms with Crippen LogP contribution in [0.4, 0.5) is 17.1 Å². The van der Waals surface area contributed by atoms with Gasteiger partial charge in [-0.15, -0.1) is 8.67 Å². The number of ketones is 2. The number of unbranched alkanes of at least 4 members (excludes halogenated alkanes) is 3. The maximum Gasteiger partial charge on any atom is 0.296 e. The van der Waals surface area contributed by atoms with E-state index in [-0.39, 0.29) is 61.7 Å². The van der Waals surface area contributed by atoms with Gasteiger partial charge in [0.2, 0.25) is 5.91 Å². The summed E-state index contributed by atoms with van der Waals surface area (Å²) in [6, 6.07) is 17.8. The minimum absolute atomic E-state index is 0.0191. The van der Waals surface area contributed by atoms with Gasteiger partial charge in [-0.05, 0) is 54.9 Å². The molecule has 6 N–H and O–H groups in total. The zero-order valence-corrected chi connectivity index (χ0v) is 33.2. The summed E-state index contributed by atoms with van der Waals surface area (Å²) in [4.78, 5) is 55.6. The monoisotopic (exact) mass is 852 g/mol. The molecule has 58 heavy (non-hydrogen) atoms. The maximum absolute atomic E-state index is 14.5. The van der Waals surface area contributed by atoms with Crippen molar-refractivity contribution < 1.29 is 56.6 Å². The maximum atomic E-state index is 14.5. The lowest BCUT2D eigenvalue weighted by atomic mass is 9.80. The van der Waals surface area contributed by atoms with Crippen molar-refractivity contribution in [2.45, 2.75) is 47.3 Å². The molecule has 0 saturated carbocycles. The van der Waals surface area contributed by atoms with E-state index in [1.165, 1.54) is 35.9 Å². The van der Waals surface area contributed by atoms with E-state index in [0.717, 1.165) is 31.7 Å². The van der Waals surface area contributed by atoms with Crippen molar-refractivity contribution in [1.29, 1.82) is 0 Å². The Kier molecular flexibility index (Phi) is 13.8. The first-order valence-electron chi connectivity index (χ1n) is 17.6. The molecular weight excluding hydrogens is 817 g/mol. The number of fused-ring (bicyclic) bond motifs is 2. The summed E-state index contributed by atoms with van der Waals surface area (Å²) >= 11 is 0.967. The van der Waals surface area contributed by atoms with Gasteiger partial charge in [0.25, 0.3) is 15.7 Å². The van der Waals surface area contributed by atoms with Crippen LogP contribution in [0.1, 0.15) is 64.4 Å². The first-order chi connectivity index (χ1) is 27.9. The molecule has 0 bridgehead atoms. The number of aryl methyl sites for hydroxylation is 1. The molecule has 1 aromatic heterocycles. The molecule has 0 saturated heterocycles. The molecule has 0 radical (unpaired) electrons. The van der Waals surface area contributed by atoms with Crippen LogP contribution >= 0.6 is 24.1 Å². The van der Waals surface area contributed by atoms with Gasteiger partial charge in [-0.25, -0.2) is 10.5 Å². The number of pyridine rings is 1. The third-order valence-electron chi connectivity index (χ3n) is 9.27. The molecule has 0 atom stereocenters. The van der Waals surface area contributed by atoms with E-state index in [4.69, 9.17) is 10.5 Å². The summed E-state index contributed by atoms with van der Waals surface area (Å²) in [5.41, 5.74) is 0.0796. The quantitative estimate of drug-likeness (QED) is 0.0121. The predicted octanol–water partition coefficient (Wildman–Crippen LogP) is 6.94. The van der Waals surface area contributed by atoms with E-state index < -0.39 is 38.0 Å². The molecule has 6 rings (SSSR count). The van der Waals surface area contributed by atoms with E-state index in [0.29, 0.717) is 46.6 Å². The molecule has 20 heteroatoms. The molecular formula is C38H36N4O13S3. The van der Waals surface area contributed by atoms with Crippen LogP contribution in [0.3, 0.4) is 0 Å². The zero-order chi connectivity index (χ0) is 41.6. The predicted molar refractivity (Wildman–Crippen MR) is 214 cm³/mol. The smallest absolute Gasteiger partial charge is 0.296 e. The van der Waals surface area contributed by atoms with Crippen molar-refractivity contribution in [3.63, 3.8) is 0 Å². The summed E-state index contributed by atoms with van der Waals surface area (Å²) in [7, 11) is -3.50. The fourth-order valence-corrected chi connectivity index (χ4v) is 8.30. The Labute approximate surface area is 339 Å². The van der Waals surface area contributed by atoms with Crippen molar-refractivity contribution in [3.05, 3.63) is 105 Å². The van der Waals surface area contributed by atoms with E-state index in [9.17, 15) is 32.1 Å². The number of carbonyl (C=O) groups excluding carboxylic acids is 3. The number of hydrogen-bond acceptors (Lipinski definition) is 16. The van der Waals surface area contributed by atoms with Gasteiger partial charge in [0.1, 0.15) is 4.90 Å². The number of aromatic nitrogens is 1. The number of benzene rings is 4. The minimum atomic E-state index is -4.96. The van der Waals surface area contributed by atoms with Gasteiger partial charge in [0.05, 0.1) is 69.2 Å². The summed E-state index contributed by atoms with van der Waals surface area (Å²) in [5, 5.41) is 33.9. The fraction of sp³-hybridized carbons (Fsp3) is 0.211. The first kappa shape index (κ1) is 42.6. The van der Waals surface area contributed by atoms with Gasteiger partial charge < -0.3 is 20.5 Å². The molecule has 1 heterocycles. The Morgan fingerprint density at radius 2 is 1.57 bits per heavy atom. The number of hydrogen-bond donors (Lipinski definition) is 6. The molecule has 0 spiro atoms. The molecule has 4 aromatic carbocycles. The Hall–Kier alpha value is -4.97. The average Bonchev–Trinajstić information content (AvgIpc) is 3.21. The van der Waals surface area contributed by atoms with Gasteiger partial charge >= 0.3 is 0 Å². The number of nitrogens with one attached hydrogen (secondary N) is 3. The van der Waals surface area contributed by atoms with Gasteiger partial charge in [0.15, 0.2) is 11.6 Å². The Bertz CT molecular complexity index is 2580. The van der Waals surface area contributed by atoms with E-state index >= 15 is 0 Å². The molecule has 1 aliphatic rings. The molecule has 304 valence electrons. The number of amides is 1. The highest BCUT2D eigenvalue weighted by molar-refractivity contribution is 7.95. The lowest BCUT2D eigenvalue weighted by molar-refractivity contribution is -0.432. The van der Waals surface area contributed by atoms with Crippen LogP contribution in [0.15, 0.2) is 92.3 Å². The van der Waals surface area contributed by atoms with Crippen LogP contribution in [0, 0.1) is 0 Å². The number of nitrogens with zero attached hydrogens (tertiary/aromatic N) is 1. The largest absolute Gasteiger partial charge is 0.354 e. The van der Waals surface area contributed by atoms with Crippen molar-refractivity contribution in [1.82, 2.24) is 9.88 Å². The van der Waals surface area contributed by atoms with Gasteiger partial charge in [0, 0.05) is 34.0 Å². The molecule has 5 aromatic rings. The minimum Gasteiger partial charge on any atom is -0.354 e. The summed E-state index contributed by atoms with van der Waals surface area (Å²) in [6.07, 6.45) is 3.88. The van der Waals surface area contributed by atoms with Crippen LogP contribution in [0.2, 0.25) is 0 Å². The zero-order valence-electron chi connectivity index (χ0n) is 30.8. The Morgan fingerprint density at radius 3 is 2.29 bits per heavy atom. The van der Waals surface area contributed by atoms with Crippen molar-refractivity contribution in [3.8, 4) is 11.1 Å². The summed E-state index contributed by atoms with van der Waals surface area (Å²) in [6.45, 7) is 2.45. The second kappa shape index (κ2) is 18.7. The highest BCUT2D eigenvalue weighted by Gasteiger charge is 2.34. The lowest BCUT2D eigenvalue weighted by Crippen LogP contribution is -2.29. The molecule has 1 aliphatic carbocycles. The highest BCUT2D eigenvalue weighted by Crippen LogP contribution is 2.45.